The number of halogens is 3. The van der Waals surface area contributed by atoms with Crippen molar-refractivity contribution in [3.8, 4) is 16.9 Å². The van der Waals surface area contributed by atoms with Gasteiger partial charge in [0.1, 0.15) is 0 Å². The number of piperidine rings is 1. The van der Waals surface area contributed by atoms with Gasteiger partial charge in [-0.1, -0.05) is 29.8 Å². The predicted octanol–water partition coefficient (Wildman–Crippen LogP) is 3.71. The Kier molecular flexibility index (Phi) is 9.22. The zero-order valence-corrected chi connectivity index (χ0v) is 23.8. The summed E-state index contributed by atoms with van der Waals surface area (Å²) in [6.45, 7) is 2.45. The molecule has 0 saturated carbocycles. The molecule has 43 heavy (non-hydrogen) atoms. The van der Waals surface area contributed by atoms with E-state index in [0.29, 0.717) is 18.4 Å². The van der Waals surface area contributed by atoms with Crippen molar-refractivity contribution in [3.05, 3.63) is 71.1 Å². The highest BCUT2D eigenvalue weighted by atomic mass is 32.2. The van der Waals surface area contributed by atoms with Gasteiger partial charge in [-0.15, -0.1) is 5.01 Å². The molecule has 0 aliphatic carbocycles. The lowest BCUT2D eigenvalue weighted by Crippen LogP contribution is -2.46. The van der Waals surface area contributed by atoms with Gasteiger partial charge in [-0.2, -0.15) is 18.3 Å². The second-order valence-electron chi connectivity index (χ2n) is 9.62. The van der Waals surface area contributed by atoms with Gasteiger partial charge >= 0.3 is 12.1 Å². The maximum Gasteiger partial charge on any atom is 0.435 e. The van der Waals surface area contributed by atoms with Crippen LogP contribution >= 0.6 is 0 Å². The van der Waals surface area contributed by atoms with Crippen LogP contribution in [0, 0.1) is 18.0 Å². The minimum absolute atomic E-state index is 0.0838. The van der Waals surface area contributed by atoms with E-state index in [1.165, 1.54) is 12.1 Å². The van der Waals surface area contributed by atoms with Gasteiger partial charge in [-0.25, -0.2) is 17.8 Å². The second-order valence-corrected chi connectivity index (χ2v) is 11.3. The summed E-state index contributed by atoms with van der Waals surface area (Å²) in [6.07, 6.45) is -4.04. The minimum atomic E-state index is -4.71. The summed E-state index contributed by atoms with van der Waals surface area (Å²) in [7, 11) is -4.37. The van der Waals surface area contributed by atoms with E-state index in [4.69, 9.17) is 0 Å². The summed E-state index contributed by atoms with van der Waals surface area (Å²) in [5.41, 5.74) is 0.575. The fourth-order valence-electron chi connectivity index (χ4n) is 4.25. The van der Waals surface area contributed by atoms with E-state index < -0.39 is 46.5 Å². The molecule has 1 amide bonds. The number of alkyl halides is 3. The molecule has 1 atom stereocenters. The third-order valence-corrected chi connectivity index (χ3v) is 7.79. The van der Waals surface area contributed by atoms with Gasteiger partial charge in [-0.3, -0.25) is 9.59 Å². The number of carbonyl (C=O) groups is 2. The summed E-state index contributed by atoms with van der Waals surface area (Å²) >= 11 is 0. The van der Waals surface area contributed by atoms with Crippen molar-refractivity contribution in [2.75, 3.05) is 19.9 Å². The van der Waals surface area contributed by atoms with E-state index in [1.807, 2.05) is 11.6 Å². The Hall–Kier alpha value is -4.67. The van der Waals surface area contributed by atoms with Gasteiger partial charge < -0.3 is 14.8 Å². The Bertz CT molecular complexity index is 1610. The van der Waals surface area contributed by atoms with Crippen LogP contribution < -0.4 is 4.72 Å². The van der Waals surface area contributed by atoms with Crippen LogP contribution in [0.15, 0.2) is 64.8 Å². The fraction of sp³-hybridized carbons (Fsp3) is 0.346. The molecule has 0 bridgehead atoms. The topological polar surface area (TPSA) is 158 Å². The first-order chi connectivity index (χ1) is 20.2. The first kappa shape index (κ1) is 31.3. The standard InChI is InChI=1S/C26H27F3N6O7S/c1-17-5-7-19(8-6-17)23-14-24(26(27,28)29)30-34(23)21-9-11-22(12-10-21)43(39,40)31-25(37)20-4-3-13-33(15-20)35(38)32-42-16-41-18(2)36/h5-12,14,20H,3-4,13,15-16H2,1-2H3,(H,31,37). The van der Waals surface area contributed by atoms with Crippen LogP contribution in [0.4, 0.5) is 13.2 Å². The highest BCUT2D eigenvalue weighted by molar-refractivity contribution is 7.90. The molecular weight excluding hydrogens is 597 g/mol. The number of aromatic nitrogens is 2. The Balaban J connectivity index is 1.48. The molecule has 17 heteroatoms. The Morgan fingerprint density at radius 2 is 1.84 bits per heavy atom. The number of nitrogens with one attached hydrogen (secondary N) is 1. The molecule has 1 N–H and O–H groups in total. The van der Waals surface area contributed by atoms with Crippen molar-refractivity contribution in [1.82, 2.24) is 19.5 Å². The van der Waals surface area contributed by atoms with Crippen LogP contribution in [0.5, 0.6) is 0 Å². The molecule has 0 radical (unpaired) electrons. The highest BCUT2D eigenvalue weighted by Gasteiger charge is 2.36. The maximum atomic E-state index is 13.5. The lowest BCUT2D eigenvalue weighted by Gasteiger charge is -2.27. The minimum Gasteiger partial charge on any atom is -0.569 e. The summed E-state index contributed by atoms with van der Waals surface area (Å²) in [4.78, 5) is 27.9. The number of benzene rings is 2. The van der Waals surface area contributed by atoms with Gasteiger partial charge in [0, 0.05) is 12.5 Å². The predicted molar refractivity (Wildman–Crippen MR) is 142 cm³/mol. The van der Waals surface area contributed by atoms with Gasteiger partial charge in [-0.05, 0) is 50.1 Å². The third-order valence-electron chi connectivity index (χ3n) is 6.43. The number of aryl methyl sites for hydroxylation is 1. The second kappa shape index (κ2) is 12.7. The van der Waals surface area contributed by atoms with Crippen molar-refractivity contribution in [1.29, 1.82) is 0 Å². The van der Waals surface area contributed by atoms with Crippen molar-refractivity contribution in [2.24, 2.45) is 11.2 Å². The molecule has 1 aromatic heterocycles. The zero-order valence-electron chi connectivity index (χ0n) is 22.9. The summed E-state index contributed by atoms with van der Waals surface area (Å²) in [5, 5.41) is 20.2. The monoisotopic (exact) mass is 624 g/mol. The summed E-state index contributed by atoms with van der Waals surface area (Å²) < 4.78 is 73.9. The van der Waals surface area contributed by atoms with Crippen LogP contribution in [-0.2, 0) is 35.4 Å². The Labute approximate surface area is 244 Å². The Morgan fingerprint density at radius 3 is 2.47 bits per heavy atom. The number of hydrazine groups is 1. The molecule has 2 aromatic carbocycles. The average Bonchev–Trinajstić information content (AvgIpc) is 3.42. The first-order valence-electron chi connectivity index (χ1n) is 12.8. The molecule has 13 nitrogen and oxygen atoms in total. The normalized spacial score (nSPS) is 16.1. The van der Waals surface area contributed by atoms with E-state index in [0.717, 1.165) is 40.4 Å². The number of ether oxygens (including phenoxy) is 1. The number of hydrogen-bond donors (Lipinski definition) is 1. The summed E-state index contributed by atoms with van der Waals surface area (Å²) in [6, 6.07) is 12.5. The number of amides is 1. The number of carbonyl (C=O) groups excluding carboxylic acids is 2. The molecule has 1 unspecified atom stereocenters. The first-order valence-corrected chi connectivity index (χ1v) is 14.3. The van der Waals surface area contributed by atoms with Gasteiger partial charge in [0.15, 0.2) is 5.69 Å². The fourth-order valence-corrected chi connectivity index (χ4v) is 5.29. The molecule has 0 spiro atoms. The molecule has 230 valence electrons. The lowest BCUT2D eigenvalue weighted by atomic mass is 9.99. The van der Waals surface area contributed by atoms with Crippen molar-refractivity contribution < 1.29 is 45.7 Å². The molecule has 1 aliphatic heterocycles. The molecule has 1 aliphatic rings. The molecular formula is C26H27F3N6O7S. The average molecular weight is 625 g/mol. The van der Waals surface area contributed by atoms with Crippen molar-refractivity contribution >= 4 is 21.9 Å². The molecule has 3 aromatic rings. The smallest absolute Gasteiger partial charge is 0.435 e. The van der Waals surface area contributed by atoms with Gasteiger partial charge in [0.2, 0.25) is 11.2 Å². The van der Waals surface area contributed by atoms with E-state index in [-0.39, 0.29) is 34.3 Å². The van der Waals surface area contributed by atoms with Crippen LogP contribution in [0.3, 0.4) is 0 Å². The van der Waals surface area contributed by atoms with Crippen LogP contribution in [0.2, 0.25) is 0 Å². The quantitative estimate of drug-likeness (QED) is 0.0936. The maximum absolute atomic E-state index is 13.5. The third kappa shape index (κ3) is 7.79. The van der Waals surface area contributed by atoms with Crippen LogP contribution in [-0.4, -0.2) is 59.9 Å². The zero-order chi connectivity index (χ0) is 31.4. The molecule has 1 saturated heterocycles. The van der Waals surface area contributed by atoms with E-state index >= 15 is 0 Å². The van der Waals surface area contributed by atoms with Crippen molar-refractivity contribution in [2.45, 2.75) is 37.8 Å². The largest absolute Gasteiger partial charge is 0.569 e. The van der Waals surface area contributed by atoms with Crippen molar-refractivity contribution in [3.63, 3.8) is 0 Å². The molecule has 4 rings (SSSR count). The van der Waals surface area contributed by atoms with Gasteiger partial charge in [0.05, 0.1) is 40.3 Å². The van der Waals surface area contributed by atoms with E-state index in [2.05, 4.69) is 20.0 Å². The number of esters is 1. The van der Waals surface area contributed by atoms with Crippen LogP contribution in [0.25, 0.3) is 16.9 Å². The number of sulfonamides is 1. The highest BCUT2D eigenvalue weighted by Crippen LogP contribution is 2.33. The Morgan fingerprint density at radius 1 is 1.16 bits per heavy atom. The number of hydrogen-bond acceptors (Lipinski definition) is 9. The van der Waals surface area contributed by atoms with Crippen LogP contribution in [0.1, 0.15) is 31.0 Å². The van der Waals surface area contributed by atoms with E-state index in [9.17, 15) is 36.4 Å². The lowest BCUT2D eigenvalue weighted by molar-refractivity contribution is -0.714. The number of nitrogens with zero attached hydrogens (tertiary/aromatic N) is 5. The number of rotatable bonds is 9. The summed E-state index contributed by atoms with van der Waals surface area (Å²) in [5.74, 6) is -2.38. The van der Waals surface area contributed by atoms with Gasteiger partial charge in [0.25, 0.3) is 16.8 Å². The SMILES string of the molecule is CC(=O)OCON=[N+]([O-])N1CCCC(C(=O)NS(=O)(=O)c2ccc(-n3nc(C(F)(F)F)cc3-c3ccc(C)cc3)cc2)C1. The molecule has 1 fully saturated rings. The molecule has 2 heterocycles. The van der Waals surface area contributed by atoms with E-state index in [1.54, 1.807) is 24.3 Å².